The Morgan fingerprint density at radius 1 is 1.03 bits per heavy atom. The minimum atomic E-state index is -5.44. The van der Waals surface area contributed by atoms with E-state index in [0.29, 0.717) is 12.8 Å². The average molecular weight is 490 g/mol. The molecule has 1 unspecified atom stereocenters. The first kappa shape index (κ1) is 23.8. The van der Waals surface area contributed by atoms with Crippen LogP contribution in [0.4, 0.5) is 18.9 Å². The van der Waals surface area contributed by atoms with E-state index in [-0.39, 0.29) is 5.69 Å². The highest BCUT2D eigenvalue weighted by Crippen LogP contribution is 2.30. The standard InChI is InChI=1S/C24H22F3N3O3S/c1-15(31)19-4-2-3-5-20(19)17-9-12-21-22(14-17)29-23(28-21)13-8-16-6-10-18(11-7-16)30-34(32,33)24(25,26)27/h2-7,9-12,14-15,30-31H,8,13H2,1H3,(H,28,29). The number of anilines is 1. The minimum Gasteiger partial charge on any atom is -0.389 e. The zero-order valence-corrected chi connectivity index (χ0v) is 18.9. The van der Waals surface area contributed by atoms with Crippen LogP contribution in [0.15, 0.2) is 66.7 Å². The van der Waals surface area contributed by atoms with Gasteiger partial charge in [0.05, 0.1) is 17.1 Å². The van der Waals surface area contributed by atoms with Crippen molar-refractivity contribution in [1.29, 1.82) is 0 Å². The summed E-state index contributed by atoms with van der Waals surface area (Å²) in [6.07, 6.45) is 0.517. The predicted molar refractivity (Wildman–Crippen MR) is 125 cm³/mol. The molecule has 0 amide bonds. The topological polar surface area (TPSA) is 95.1 Å². The van der Waals surface area contributed by atoms with Gasteiger partial charge in [0.1, 0.15) is 5.82 Å². The molecular formula is C24H22F3N3O3S. The highest BCUT2D eigenvalue weighted by Gasteiger charge is 2.46. The number of H-pyrrole nitrogens is 1. The fraction of sp³-hybridized carbons (Fsp3) is 0.208. The number of sulfonamides is 1. The molecule has 0 aliphatic rings. The number of alkyl halides is 3. The van der Waals surface area contributed by atoms with E-state index in [9.17, 15) is 26.7 Å². The maximum absolute atomic E-state index is 12.5. The average Bonchev–Trinajstić information content (AvgIpc) is 3.20. The van der Waals surface area contributed by atoms with E-state index in [0.717, 1.165) is 39.1 Å². The maximum atomic E-state index is 12.5. The molecule has 0 radical (unpaired) electrons. The van der Waals surface area contributed by atoms with Crippen molar-refractivity contribution in [3.05, 3.63) is 83.7 Å². The molecule has 10 heteroatoms. The van der Waals surface area contributed by atoms with Crippen LogP contribution in [0, 0.1) is 0 Å². The molecule has 4 aromatic rings. The molecule has 6 nitrogen and oxygen atoms in total. The number of imidazole rings is 1. The third-order valence-electron chi connectivity index (χ3n) is 5.42. The molecule has 0 saturated heterocycles. The van der Waals surface area contributed by atoms with Crippen molar-refractivity contribution in [2.75, 3.05) is 4.72 Å². The molecule has 34 heavy (non-hydrogen) atoms. The van der Waals surface area contributed by atoms with Crippen LogP contribution >= 0.6 is 0 Å². The van der Waals surface area contributed by atoms with E-state index in [1.807, 2.05) is 42.5 Å². The van der Waals surface area contributed by atoms with Crippen molar-refractivity contribution < 1.29 is 26.7 Å². The number of nitrogens with one attached hydrogen (secondary N) is 2. The molecule has 0 bridgehead atoms. The van der Waals surface area contributed by atoms with Gasteiger partial charge in [-0.3, -0.25) is 4.72 Å². The summed E-state index contributed by atoms with van der Waals surface area (Å²) in [4.78, 5) is 7.91. The Balaban J connectivity index is 1.47. The van der Waals surface area contributed by atoms with E-state index < -0.39 is 21.6 Å². The van der Waals surface area contributed by atoms with Crippen LogP contribution in [0.25, 0.3) is 22.2 Å². The molecule has 4 rings (SSSR count). The smallest absolute Gasteiger partial charge is 0.389 e. The Bertz CT molecular complexity index is 1410. The third-order valence-corrected chi connectivity index (χ3v) is 6.53. The number of aromatic nitrogens is 2. The van der Waals surface area contributed by atoms with Crippen molar-refractivity contribution in [2.45, 2.75) is 31.4 Å². The van der Waals surface area contributed by atoms with Gasteiger partial charge in [-0.2, -0.15) is 21.6 Å². The largest absolute Gasteiger partial charge is 0.516 e. The van der Waals surface area contributed by atoms with Crippen LogP contribution in [0.2, 0.25) is 0 Å². The maximum Gasteiger partial charge on any atom is 0.516 e. The number of aromatic amines is 1. The zero-order valence-electron chi connectivity index (χ0n) is 18.1. The van der Waals surface area contributed by atoms with E-state index in [1.54, 1.807) is 19.1 Å². The van der Waals surface area contributed by atoms with Gasteiger partial charge in [0.15, 0.2) is 0 Å². The second kappa shape index (κ2) is 9.11. The van der Waals surface area contributed by atoms with Crippen molar-refractivity contribution in [3.8, 4) is 11.1 Å². The Morgan fingerprint density at radius 3 is 2.41 bits per heavy atom. The summed E-state index contributed by atoms with van der Waals surface area (Å²) in [5, 5.41) is 10.1. The molecular weight excluding hydrogens is 467 g/mol. The number of hydrogen-bond donors (Lipinski definition) is 3. The summed E-state index contributed by atoms with van der Waals surface area (Å²) >= 11 is 0. The molecule has 1 aromatic heterocycles. The van der Waals surface area contributed by atoms with Gasteiger partial charge >= 0.3 is 15.5 Å². The normalized spacial score (nSPS) is 13.2. The summed E-state index contributed by atoms with van der Waals surface area (Å²) in [5.74, 6) is 0.748. The minimum absolute atomic E-state index is 0.158. The van der Waals surface area contributed by atoms with Gasteiger partial charge in [-0.15, -0.1) is 0 Å². The number of nitrogens with zero attached hydrogens (tertiary/aromatic N) is 1. The molecule has 0 aliphatic carbocycles. The summed E-state index contributed by atoms with van der Waals surface area (Å²) < 4.78 is 61.4. The van der Waals surface area contributed by atoms with Crippen molar-refractivity contribution in [2.24, 2.45) is 0 Å². The number of rotatable bonds is 7. The quantitative estimate of drug-likeness (QED) is 0.327. The molecule has 1 atom stereocenters. The molecule has 0 fully saturated rings. The molecule has 3 N–H and O–H groups in total. The zero-order chi connectivity index (χ0) is 24.5. The first-order valence-electron chi connectivity index (χ1n) is 10.5. The highest BCUT2D eigenvalue weighted by molar-refractivity contribution is 7.93. The molecule has 0 spiro atoms. The third kappa shape index (κ3) is 5.07. The number of aliphatic hydroxyl groups excluding tert-OH is 1. The van der Waals surface area contributed by atoms with E-state index in [2.05, 4.69) is 9.97 Å². The van der Waals surface area contributed by atoms with Crippen LogP contribution in [0.3, 0.4) is 0 Å². The van der Waals surface area contributed by atoms with Crippen molar-refractivity contribution in [1.82, 2.24) is 9.97 Å². The molecule has 0 aliphatic heterocycles. The Morgan fingerprint density at radius 2 is 1.74 bits per heavy atom. The summed E-state index contributed by atoms with van der Waals surface area (Å²) in [7, 11) is -5.44. The van der Waals surface area contributed by atoms with E-state index in [1.165, 1.54) is 16.9 Å². The first-order chi connectivity index (χ1) is 16.0. The van der Waals surface area contributed by atoms with Crippen LogP contribution in [-0.2, 0) is 22.9 Å². The number of benzene rings is 3. The van der Waals surface area contributed by atoms with Crippen molar-refractivity contribution in [3.63, 3.8) is 0 Å². The second-order valence-corrected chi connectivity index (χ2v) is 9.60. The lowest BCUT2D eigenvalue weighted by atomic mass is 9.96. The van der Waals surface area contributed by atoms with Crippen LogP contribution in [-0.4, -0.2) is 29.0 Å². The van der Waals surface area contributed by atoms with Crippen molar-refractivity contribution >= 4 is 26.7 Å². The van der Waals surface area contributed by atoms with Gasteiger partial charge in [0, 0.05) is 12.1 Å². The van der Waals surface area contributed by atoms with Crippen LogP contribution < -0.4 is 4.72 Å². The predicted octanol–water partition coefficient (Wildman–Crippen LogP) is 5.33. The number of aryl methyl sites for hydroxylation is 2. The molecule has 178 valence electrons. The van der Waals surface area contributed by atoms with E-state index >= 15 is 0 Å². The van der Waals surface area contributed by atoms with Gasteiger partial charge in [0.25, 0.3) is 0 Å². The lowest BCUT2D eigenvalue weighted by molar-refractivity contribution is -0.0429. The van der Waals surface area contributed by atoms with Gasteiger partial charge in [-0.05, 0) is 59.9 Å². The summed E-state index contributed by atoms with van der Waals surface area (Å²) in [6.45, 7) is 1.72. The molecule has 0 saturated carbocycles. The fourth-order valence-corrected chi connectivity index (χ4v) is 4.25. The Hall–Kier alpha value is -3.37. The molecule has 3 aromatic carbocycles. The van der Waals surface area contributed by atoms with Gasteiger partial charge in [-0.25, -0.2) is 4.98 Å². The second-order valence-electron chi connectivity index (χ2n) is 7.93. The fourth-order valence-electron chi connectivity index (χ4n) is 3.68. The number of hydrogen-bond acceptors (Lipinski definition) is 4. The highest BCUT2D eigenvalue weighted by atomic mass is 32.2. The van der Waals surface area contributed by atoms with Crippen LogP contribution in [0.1, 0.15) is 30.0 Å². The van der Waals surface area contributed by atoms with Gasteiger partial charge in [-0.1, -0.05) is 42.5 Å². The van der Waals surface area contributed by atoms with Gasteiger partial charge < -0.3 is 10.1 Å². The Labute approximate surface area is 194 Å². The summed E-state index contributed by atoms with van der Waals surface area (Å²) in [6, 6.07) is 19.2. The number of halogens is 3. The summed E-state index contributed by atoms with van der Waals surface area (Å²) in [5.41, 5.74) is -0.347. The first-order valence-corrected chi connectivity index (χ1v) is 12.0. The Kier molecular flexibility index (Phi) is 6.37. The SMILES string of the molecule is CC(O)c1ccccc1-c1ccc2[nH]c(CCc3ccc(NS(=O)(=O)C(F)(F)F)cc3)nc2c1. The number of aliphatic hydroxyl groups is 1. The monoisotopic (exact) mass is 489 g/mol. The van der Waals surface area contributed by atoms with Crippen LogP contribution in [0.5, 0.6) is 0 Å². The van der Waals surface area contributed by atoms with E-state index in [4.69, 9.17) is 0 Å². The number of fused-ring (bicyclic) bond motifs is 1. The molecule has 1 heterocycles. The lowest BCUT2D eigenvalue weighted by Crippen LogP contribution is -2.29. The lowest BCUT2D eigenvalue weighted by Gasteiger charge is -2.11. The van der Waals surface area contributed by atoms with Gasteiger partial charge in [0.2, 0.25) is 0 Å².